The highest BCUT2D eigenvalue weighted by molar-refractivity contribution is 7.80. The molecule has 0 bridgehead atoms. The van der Waals surface area contributed by atoms with E-state index in [1.807, 2.05) is 12.1 Å². The molecule has 1 saturated carbocycles. The molecule has 0 spiro atoms. The Morgan fingerprint density at radius 1 is 1.21 bits per heavy atom. The summed E-state index contributed by atoms with van der Waals surface area (Å²) in [6.07, 6.45) is 6.35. The molecule has 0 amide bonds. The molecular weight excluding hydrogens is 318 g/mol. The Kier molecular flexibility index (Phi) is 5.00. The van der Waals surface area contributed by atoms with E-state index < -0.39 is 0 Å². The predicted molar refractivity (Wildman–Crippen MR) is 101 cm³/mol. The lowest BCUT2D eigenvalue weighted by Gasteiger charge is -2.32. The number of nitrogens with one attached hydrogen (secondary N) is 2. The first-order valence-electron chi connectivity index (χ1n) is 8.28. The summed E-state index contributed by atoms with van der Waals surface area (Å²) < 4.78 is 5.08. The van der Waals surface area contributed by atoms with E-state index in [-0.39, 0.29) is 5.54 Å². The average Bonchev–Trinajstić information content (AvgIpc) is 3.05. The monoisotopic (exact) mass is 341 g/mol. The van der Waals surface area contributed by atoms with Crippen LogP contribution in [0.1, 0.15) is 36.8 Å². The number of aryl methyl sites for hydroxylation is 1. The number of thiocarbonyl (C=S) groups is 1. The zero-order valence-corrected chi connectivity index (χ0v) is 15.0. The third-order valence-corrected chi connectivity index (χ3v) is 4.79. The number of nitrogens with zero attached hydrogens (tertiary/aromatic N) is 1. The van der Waals surface area contributed by atoms with Gasteiger partial charge in [0, 0.05) is 6.07 Å². The molecule has 3 rings (SSSR count). The fraction of sp³-hybridized carbons (Fsp3) is 0.368. The molecule has 1 aromatic carbocycles. The van der Waals surface area contributed by atoms with Gasteiger partial charge in [-0.05, 0) is 43.6 Å². The second kappa shape index (κ2) is 7.18. The highest BCUT2D eigenvalue weighted by Crippen LogP contribution is 2.39. The number of aromatic nitrogens is 1. The summed E-state index contributed by atoms with van der Waals surface area (Å²) in [6, 6.07) is 12.4. The normalized spacial score (nSPS) is 15.8. The maximum absolute atomic E-state index is 5.56. The second-order valence-corrected chi connectivity index (χ2v) is 6.74. The summed E-state index contributed by atoms with van der Waals surface area (Å²) in [5.74, 6) is 0.589. The van der Waals surface area contributed by atoms with Gasteiger partial charge >= 0.3 is 0 Å². The highest BCUT2D eigenvalue weighted by Gasteiger charge is 2.36. The van der Waals surface area contributed by atoms with Gasteiger partial charge in [0.15, 0.2) is 5.11 Å². The van der Waals surface area contributed by atoms with Crippen molar-refractivity contribution in [3.63, 3.8) is 0 Å². The minimum atomic E-state index is -0.0734. The van der Waals surface area contributed by atoms with E-state index in [4.69, 9.17) is 17.0 Å². The van der Waals surface area contributed by atoms with Gasteiger partial charge in [0.1, 0.15) is 0 Å². The number of pyridine rings is 1. The first-order chi connectivity index (χ1) is 11.6. The van der Waals surface area contributed by atoms with Gasteiger partial charge in [0.25, 0.3) is 0 Å². The first kappa shape index (κ1) is 16.7. The lowest BCUT2D eigenvalue weighted by atomic mass is 9.87. The molecule has 0 radical (unpaired) electrons. The fourth-order valence-corrected chi connectivity index (χ4v) is 3.68. The highest BCUT2D eigenvalue weighted by atomic mass is 32.1. The standard InChI is InChI=1S/C19H23N3OS/c1-14-6-5-7-15(12-14)19(10-3-4-11-19)22-18(24)21-16-8-9-17(23-2)20-13-16/h5-9,12-13H,3-4,10-11H2,1-2H3,(H2,21,22,24). The minimum absolute atomic E-state index is 0.0734. The predicted octanol–water partition coefficient (Wildman–Crippen LogP) is 4.15. The lowest BCUT2D eigenvalue weighted by Crippen LogP contribution is -2.45. The van der Waals surface area contributed by atoms with Crippen LogP contribution >= 0.6 is 12.2 Å². The second-order valence-electron chi connectivity index (χ2n) is 6.33. The first-order valence-corrected chi connectivity index (χ1v) is 8.68. The van der Waals surface area contributed by atoms with Gasteiger partial charge in [0.05, 0.1) is 24.5 Å². The maximum atomic E-state index is 5.56. The Labute approximate surface area is 148 Å². The smallest absolute Gasteiger partial charge is 0.213 e. The molecule has 1 heterocycles. The van der Waals surface area contributed by atoms with Crippen LogP contribution in [-0.2, 0) is 5.54 Å². The van der Waals surface area contributed by atoms with Crippen molar-refractivity contribution in [2.75, 3.05) is 12.4 Å². The van der Waals surface area contributed by atoms with Gasteiger partial charge in [-0.2, -0.15) is 0 Å². The van der Waals surface area contributed by atoms with Crippen LogP contribution in [0.4, 0.5) is 5.69 Å². The van der Waals surface area contributed by atoms with Crippen LogP contribution in [0.2, 0.25) is 0 Å². The summed E-state index contributed by atoms with van der Waals surface area (Å²) in [5.41, 5.74) is 3.37. The number of hydrogen-bond donors (Lipinski definition) is 2. The number of methoxy groups -OCH3 is 1. The fourth-order valence-electron chi connectivity index (χ4n) is 3.36. The molecule has 1 aliphatic rings. The molecule has 0 atom stereocenters. The molecule has 0 aliphatic heterocycles. The quantitative estimate of drug-likeness (QED) is 0.818. The minimum Gasteiger partial charge on any atom is -0.481 e. The Morgan fingerprint density at radius 3 is 2.62 bits per heavy atom. The van der Waals surface area contributed by atoms with Crippen molar-refractivity contribution in [2.45, 2.75) is 38.1 Å². The van der Waals surface area contributed by atoms with E-state index >= 15 is 0 Å². The van der Waals surface area contributed by atoms with Gasteiger partial charge in [-0.1, -0.05) is 42.7 Å². The molecule has 2 aromatic rings. The summed E-state index contributed by atoms with van der Waals surface area (Å²) in [4.78, 5) is 4.20. The summed E-state index contributed by atoms with van der Waals surface area (Å²) in [6.45, 7) is 2.13. The van der Waals surface area contributed by atoms with Gasteiger partial charge in [0.2, 0.25) is 5.88 Å². The van der Waals surface area contributed by atoms with E-state index in [1.165, 1.54) is 24.0 Å². The van der Waals surface area contributed by atoms with Crippen molar-refractivity contribution >= 4 is 23.0 Å². The van der Waals surface area contributed by atoms with E-state index in [9.17, 15) is 0 Å². The third-order valence-electron chi connectivity index (χ3n) is 4.58. The molecule has 4 nitrogen and oxygen atoms in total. The van der Waals surface area contributed by atoms with Crippen molar-refractivity contribution < 1.29 is 4.74 Å². The molecule has 0 saturated heterocycles. The zero-order chi connectivity index (χ0) is 17.0. The van der Waals surface area contributed by atoms with Gasteiger partial charge in [-0.15, -0.1) is 0 Å². The van der Waals surface area contributed by atoms with E-state index in [0.29, 0.717) is 11.0 Å². The number of anilines is 1. The van der Waals surface area contributed by atoms with Gasteiger partial charge < -0.3 is 15.4 Å². The summed E-state index contributed by atoms with van der Waals surface area (Å²) in [5, 5.41) is 7.44. The molecule has 0 unspecified atom stereocenters. The van der Waals surface area contributed by atoms with E-state index in [0.717, 1.165) is 18.5 Å². The van der Waals surface area contributed by atoms with Crippen molar-refractivity contribution in [1.29, 1.82) is 0 Å². The molecule has 1 fully saturated rings. The molecule has 1 aromatic heterocycles. The zero-order valence-electron chi connectivity index (χ0n) is 14.1. The van der Waals surface area contributed by atoms with Crippen LogP contribution in [0.3, 0.4) is 0 Å². The van der Waals surface area contributed by atoms with Gasteiger partial charge in [-0.25, -0.2) is 4.98 Å². The largest absolute Gasteiger partial charge is 0.481 e. The molecule has 126 valence electrons. The Morgan fingerprint density at radius 2 is 2.00 bits per heavy atom. The van der Waals surface area contributed by atoms with Crippen LogP contribution in [0.25, 0.3) is 0 Å². The van der Waals surface area contributed by atoms with Crippen molar-refractivity contribution in [2.24, 2.45) is 0 Å². The van der Waals surface area contributed by atoms with Crippen LogP contribution in [0.15, 0.2) is 42.6 Å². The average molecular weight is 341 g/mol. The van der Waals surface area contributed by atoms with Crippen LogP contribution in [0.5, 0.6) is 5.88 Å². The van der Waals surface area contributed by atoms with E-state index in [1.54, 1.807) is 13.3 Å². The van der Waals surface area contributed by atoms with Crippen LogP contribution < -0.4 is 15.4 Å². The molecule has 24 heavy (non-hydrogen) atoms. The Hall–Kier alpha value is -2.14. The Bertz CT molecular complexity index is 709. The third kappa shape index (κ3) is 3.67. The van der Waals surface area contributed by atoms with Crippen LogP contribution in [0, 0.1) is 6.92 Å². The van der Waals surface area contributed by atoms with Crippen LogP contribution in [-0.4, -0.2) is 17.2 Å². The molecular formula is C19H23N3OS. The van der Waals surface area contributed by atoms with Crippen molar-refractivity contribution in [1.82, 2.24) is 10.3 Å². The topological polar surface area (TPSA) is 46.2 Å². The molecule has 1 aliphatic carbocycles. The number of ether oxygens (including phenoxy) is 1. The SMILES string of the molecule is COc1ccc(NC(=S)NC2(c3cccc(C)c3)CCCC2)cn1. The lowest BCUT2D eigenvalue weighted by molar-refractivity contribution is 0.398. The molecule has 5 heteroatoms. The summed E-state index contributed by atoms with van der Waals surface area (Å²) in [7, 11) is 1.60. The van der Waals surface area contributed by atoms with Crippen molar-refractivity contribution in [3.8, 4) is 5.88 Å². The number of rotatable bonds is 4. The molecule has 2 N–H and O–H groups in total. The van der Waals surface area contributed by atoms with Gasteiger partial charge in [-0.3, -0.25) is 0 Å². The van der Waals surface area contributed by atoms with Crippen molar-refractivity contribution in [3.05, 3.63) is 53.7 Å². The number of benzene rings is 1. The summed E-state index contributed by atoms with van der Waals surface area (Å²) >= 11 is 5.56. The Balaban J connectivity index is 1.74. The van der Waals surface area contributed by atoms with E-state index in [2.05, 4.69) is 46.8 Å². The maximum Gasteiger partial charge on any atom is 0.213 e. The number of hydrogen-bond acceptors (Lipinski definition) is 3.